The average molecular weight is 381 g/mol. The molecule has 0 bridgehead atoms. The molecule has 146 valence electrons. The Morgan fingerprint density at radius 3 is 2.50 bits per heavy atom. The van der Waals surface area contributed by atoms with E-state index in [1.807, 2.05) is 60.8 Å². The highest BCUT2D eigenvalue weighted by molar-refractivity contribution is 5.92. The van der Waals surface area contributed by atoms with Crippen molar-refractivity contribution in [3.8, 4) is 5.69 Å². The number of aromatic nitrogens is 2. The van der Waals surface area contributed by atoms with E-state index in [1.54, 1.807) is 12.5 Å². The SMILES string of the molecule is COC(=O)C1=C(C)N(C)C(C)=C(COC=O)C1c1ccc(-n2ccnc2)cc1. The number of hydrogen-bond acceptors (Lipinski definition) is 6. The number of esters is 1. The fraction of sp³-hybridized carbons (Fsp3) is 0.286. The molecule has 1 aliphatic rings. The van der Waals surface area contributed by atoms with Crippen LogP contribution in [0.4, 0.5) is 0 Å². The van der Waals surface area contributed by atoms with Crippen molar-refractivity contribution in [2.24, 2.45) is 0 Å². The molecule has 1 atom stereocenters. The molecule has 0 spiro atoms. The van der Waals surface area contributed by atoms with Crippen molar-refractivity contribution >= 4 is 12.4 Å². The van der Waals surface area contributed by atoms with Crippen LogP contribution in [0.25, 0.3) is 5.69 Å². The number of imidazole rings is 1. The normalized spacial score (nSPS) is 17.0. The lowest BCUT2D eigenvalue weighted by molar-refractivity contribution is -0.136. The zero-order valence-electron chi connectivity index (χ0n) is 16.4. The van der Waals surface area contributed by atoms with Crippen LogP contribution in [0, 0.1) is 0 Å². The fourth-order valence-corrected chi connectivity index (χ4v) is 3.55. The first-order valence-electron chi connectivity index (χ1n) is 8.85. The van der Waals surface area contributed by atoms with Crippen LogP contribution in [-0.2, 0) is 19.1 Å². The molecule has 0 amide bonds. The van der Waals surface area contributed by atoms with Gasteiger partial charge in [0.2, 0.25) is 0 Å². The molecule has 1 aromatic carbocycles. The van der Waals surface area contributed by atoms with Crippen LogP contribution in [0.15, 0.2) is 65.5 Å². The van der Waals surface area contributed by atoms with Gasteiger partial charge in [-0.1, -0.05) is 12.1 Å². The summed E-state index contributed by atoms with van der Waals surface area (Å²) in [6, 6.07) is 7.87. The molecular weight excluding hydrogens is 358 g/mol. The van der Waals surface area contributed by atoms with Gasteiger partial charge in [-0.15, -0.1) is 0 Å². The molecule has 2 heterocycles. The number of methoxy groups -OCH3 is 1. The van der Waals surface area contributed by atoms with Gasteiger partial charge < -0.3 is 18.9 Å². The van der Waals surface area contributed by atoms with Gasteiger partial charge in [-0.3, -0.25) is 4.79 Å². The number of carbonyl (C=O) groups is 2. The van der Waals surface area contributed by atoms with Crippen LogP contribution >= 0.6 is 0 Å². The molecule has 1 aromatic heterocycles. The number of benzene rings is 1. The van der Waals surface area contributed by atoms with Gasteiger partial charge >= 0.3 is 5.97 Å². The molecule has 1 aliphatic heterocycles. The Balaban J connectivity index is 2.10. The first kappa shape index (κ1) is 19.4. The maximum Gasteiger partial charge on any atom is 0.336 e. The minimum absolute atomic E-state index is 0.0986. The molecule has 1 unspecified atom stereocenters. The highest BCUT2D eigenvalue weighted by Crippen LogP contribution is 2.41. The number of rotatable bonds is 6. The van der Waals surface area contributed by atoms with Crippen molar-refractivity contribution in [2.45, 2.75) is 19.8 Å². The predicted molar refractivity (Wildman–Crippen MR) is 104 cm³/mol. The molecule has 0 radical (unpaired) electrons. The second kappa shape index (κ2) is 8.12. The molecule has 0 N–H and O–H groups in total. The lowest BCUT2D eigenvalue weighted by Gasteiger charge is -2.36. The quantitative estimate of drug-likeness (QED) is 0.566. The maximum atomic E-state index is 12.6. The largest absolute Gasteiger partial charge is 0.466 e. The zero-order valence-corrected chi connectivity index (χ0v) is 16.4. The van der Waals surface area contributed by atoms with Gasteiger partial charge in [0.05, 0.1) is 19.0 Å². The molecule has 0 saturated heterocycles. The minimum atomic E-state index is -0.399. The van der Waals surface area contributed by atoms with Crippen LogP contribution in [0.1, 0.15) is 25.3 Å². The predicted octanol–water partition coefficient (Wildman–Crippen LogP) is 2.80. The van der Waals surface area contributed by atoms with Gasteiger partial charge in [-0.25, -0.2) is 9.78 Å². The summed E-state index contributed by atoms with van der Waals surface area (Å²) in [5.74, 6) is -0.760. The summed E-state index contributed by atoms with van der Waals surface area (Å²) in [5.41, 5.74) is 5.01. The first-order valence-corrected chi connectivity index (χ1v) is 8.85. The van der Waals surface area contributed by atoms with Gasteiger partial charge in [0.25, 0.3) is 6.47 Å². The van der Waals surface area contributed by atoms with Crippen LogP contribution in [0.5, 0.6) is 0 Å². The van der Waals surface area contributed by atoms with Crippen molar-refractivity contribution in [1.29, 1.82) is 0 Å². The second-order valence-electron chi connectivity index (χ2n) is 6.56. The van der Waals surface area contributed by atoms with Crippen molar-refractivity contribution < 1.29 is 19.1 Å². The molecule has 0 fully saturated rings. The number of nitrogens with zero attached hydrogens (tertiary/aromatic N) is 3. The summed E-state index contributed by atoms with van der Waals surface area (Å²) >= 11 is 0. The van der Waals surface area contributed by atoms with Gasteiger partial charge in [-0.05, 0) is 37.1 Å². The Labute approximate surface area is 163 Å². The molecule has 28 heavy (non-hydrogen) atoms. The Morgan fingerprint density at radius 1 is 1.21 bits per heavy atom. The van der Waals surface area contributed by atoms with E-state index in [2.05, 4.69) is 4.98 Å². The molecule has 3 rings (SSSR count). The topological polar surface area (TPSA) is 73.7 Å². The van der Waals surface area contributed by atoms with Crippen LogP contribution < -0.4 is 0 Å². The van der Waals surface area contributed by atoms with Crippen molar-refractivity contribution in [2.75, 3.05) is 20.8 Å². The van der Waals surface area contributed by atoms with E-state index >= 15 is 0 Å². The lowest BCUT2D eigenvalue weighted by atomic mass is 9.80. The van der Waals surface area contributed by atoms with Crippen molar-refractivity contribution in [1.82, 2.24) is 14.5 Å². The number of carbonyl (C=O) groups excluding carboxylic acids is 2. The van der Waals surface area contributed by atoms with Crippen LogP contribution in [0.2, 0.25) is 0 Å². The second-order valence-corrected chi connectivity index (χ2v) is 6.56. The Hall–Kier alpha value is -3.35. The molecule has 0 saturated carbocycles. The smallest absolute Gasteiger partial charge is 0.336 e. The third kappa shape index (κ3) is 3.43. The maximum absolute atomic E-state index is 12.6. The van der Waals surface area contributed by atoms with E-state index in [-0.39, 0.29) is 12.5 Å². The first-order chi connectivity index (χ1) is 13.5. The zero-order chi connectivity index (χ0) is 20.3. The average Bonchev–Trinajstić information content (AvgIpc) is 3.25. The van der Waals surface area contributed by atoms with Crippen LogP contribution in [-0.4, -0.2) is 47.7 Å². The number of hydrogen-bond donors (Lipinski definition) is 0. The third-order valence-corrected chi connectivity index (χ3v) is 5.24. The summed E-state index contributed by atoms with van der Waals surface area (Å²) in [4.78, 5) is 29.4. The summed E-state index contributed by atoms with van der Waals surface area (Å²) in [6.45, 7) is 4.36. The van der Waals surface area contributed by atoms with E-state index in [9.17, 15) is 9.59 Å². The van der Waals surface area contributed by atoms with Crippen LogP contribution in [0.3, 0.4) is 0 Å². The lowest BCUT2D eigenvalue weighted by Crippen LogP contribution is -2.31. The van der Waals surface area contributed by atoms with E-state index < -0.39 is 5.97 Å². The number of allylic oxidation sites excluding steroid dienone is 2. The number of ether oxygens (including phenoxy) is 2. The third-order valence-electron chi connectivity index (χ3n) is 5.24. The van der Waals surface area contributed by atoms with Gasteiger partial charge in [0.1, 0.15) is 6.61 Å². The highest BCUT2D eigenvalue weighted by atomic mass is 16.5. The minimum Gasteiger partial charge on any atom is -0.466 e. The van der Waals surface area contributed by atoms with E-state index in [0.717, 1.165) is 28.2 Å². The summed E-state index contributed by atoms with van der Waals surface area (Å²) < 4.78 is 12.0. The van der Waals surface area contributed by atoms with Crippen molar-refractivity contribution in [3.05, 3.63) is 71.1 Å². The Bertz CT molecular complexity index is 927. The van der Waals surface area contributed by atoms with E-state index in [4.69, 9.17) is 9.47 Å². The summed E-state index contributed by atoms with van der Waals surface area (Å²) in [6.07, 6.45) is 5.30. The Kier molecular flexibility index (Phi) is 5.63. The van der Waals surface area contributed by atoms with Gasteiger partial charge in [0.15, 0.2) is 0 Å². The monoisotopic (exact) mass is 381 g/mol. The van der Waals surface area contributed by atoms with Gasteiger partial charge in [-0.2, -0.15) is 0 Å². The standard InChI is InChI=1S/C21H23N3O4/c1-14-18(11-28-13-25)20(19(21(26)27-4)15(2)23(14)3)16-5-7-17(8-6-16)24-10-9-22-12-24/h5-10,12-13,20H,11H2,1-4H3. The summed E-state index contributed by atoms with van der Waals surface area (Å²) in [5, 5.41) is 0. The molecule has 2 aromatic rings. The van der Waals surface area contributed by atoms with Crippen molar-refractivity contribution in [3.63, 3.8) is 0 Å². The van der Waals surface area contributed by atoms with E-state index in [0.29, 0.717) is 12.0 Å². The summed E-state index contributed by atoms with van der Waals surface area (Å²) in [7, 11) is 3.25. The molecule has 7 nitrogen and oxygen atoms in total. The fourth-order valence-electron chi connectivity index (χ4n) is 3.55. The molecule has 0 aliphatic carbocycles. The highest BCUT2D eigenvalue weighted by Gasteiger charge is 2.35. The molecular formula is C21H23N3O4. The van der Waals surface area contributed by atoms with Gasteiger partial charge in [0, 0.05) is 42.4 Å². The molecule has 7 heteroatoms. The van der Waals surface area contributed by atoms with E-state index in [1.165, 1.54) is 7.11 Å². The Morgan fingerprint density at radius 2 is 1.93 bits per heavy atom.